The minimum Gasteiger partial charge on any atom is -0.507 e. The standard InChI is InChI=1S/C34H35Cl2N4O16P/c1-51-25-8-21(35)20(29(36)30(25)44)11-38-56-24-9-27(54-26(24)14-53-57(49,50)52-13-16-6-28(43)55-33(16)47)40-12-17(31(45)39-34(40)48)10-37-32(46)19-7-18-15(5-23(19)42)3-2-4-22(18)41/h2-5,7-8,11-12,16,24,26-28,33,41-44,47H,6,9-10,13-14H2,1H3,(H,37,46)(H,49,50)(H,39,45,48)/b38-11+/t16?,24?,26-,27-,28?,33?/m1/s1. The molecule has 0 aliphatic carbocycles. The number of aliphatic hydroxyl groups is 2. The fraction of sp³-hybridized carbons (Fsp3) is 0.353. The lowest BCUT2D eigenvalue weighted by atomic mass is 10.0. The van der Waals surface area contributed by atoms with E-state index in [1.165, 1.54) is 31.4 Å². The molecule has 20 nitrogen and oxygen atoms in total. The Balaban J connectivity index is 1.20. The third kappa shape index (κ3) is 9.53. The number of amides is 1. The third-order valence-electron chi connectivity index (χ3n) is 9.04. The minimum atomic E-state index is -4.83. The van der Waals surface area contributed by atoms with E-state index in [9.17, 15) is 49.4 Å². The Bertz CT molecular complexity index is 2360. The molecule has 7 atom stereocenters. The predicted octanol–water partition coefficient (Wildman–Crippen LogP) is 2.57. The molecular weight excluding hydrogens is 822 g/mol. The van der Waals surface area contributed by atoms with Gasteiger partial charge in [-0.2, -0.15) is 0 Å². The zero-order valence-corrected chi connectivity index (χ0v) is 31.9. The number of aromatic nitrogens is 2. The average Bonchev–Trinajstić information content (AvgIpc) is 3.72. The highest BCUT2D eigenvalue weighted by atomic mass is 35.5. The molecule has 1 aromatic heterocycles. The van der Waals surface area contributed by atoms with E-state index >= 15 is 0 Å². The molecule has 6 rings (SSSR count). The molecule has 3 heterocycles. The Morgan fingerprint density at radius 2 is 1.84 bits per heavy atom. The number of aromatic hydroxyl groups is 3. The van der Waals surface area contributed by atoms with Gasteiger partial charge in [-0.1, -0.05) is 40.5 Å². The van der Waals surface area contributed by atoms with Crippen LogP contribution in [0.4, 0.5) is 0 Å². The lowest BCUT2D eigenvalue weighted by Gasteiger charge is -2.20. The van der Waals surface area contributed by atoms with E-state index < -0.39 is 87.4 Å². The maximum Gasteiger partial charge on any atom is 0.472 e. The van der Waals surface area contributed by atoms with Crippen LogP contribution in [0.25, 0.3) is 10.8 Å². The number of phenols is 3. The fourth-order valence-corrected chi connectivity index (χ4v) is 7.36. The number of rotatable bonds is 14. The van der Waals surface area contributed by atoms with Crippen molar-refractivity contribution >= 4 is 53.9 Å². The van der Waals surface area contributed by atoms with Crippen molar-refractivity contribution in [3.63, 3.8) is 0 Å². The largest absolute Gasteiger partial charge is 0.507 e. The quantitative estimate of drug-likeness (QED) is 0.0514. The maximum absolute atomic E-state index is 13.1. The number of phenolic OH excluding ortho intramolecular Hbond substituents is 3. The molecule has 8 N–H and O–H groups in total. The van der Waals surface area contributed by atoms with Crippen LogP contribution in [0.3, 0.4) is 0 Å². The van der Waals surface area contributed by atoms with Crippen molar-refractivity contribution in [2.45, 2.75) is 50.4 Å². The zero-order valence-electron chi connectivity index (χ0n) is 29.5. The molecule has 0 saturated carbocycles. The number of nitrogens with one attached hydrogen (secondary N) is 2. The number of phosphoric acid groups is 1. The molecule has 0 bridgehead atoms. The van der Waals surface area contributed by atoms with Gasteiger partial charge in [-0.15, -0.1) is 0 Å². The molecule has 0 spiro atoms. The summed E-state index contributed by atoms with van der Waals surface area (Å²) in [7, 11) is -3.54. The van der Waals surface area contributed by atoms with Crippen molar-refractivity contribution in [1.82, 2.24) is 14.9 Å². The van der Waals surface area contributed by atoms with Gasteiger partial charge in [0.1, 0.15) is 23.8 Å². The van der Waals surface area contributed by atoms with Gasteiger partial charge < -0.3 is 54.8 Å². The van der Waals surface area contributed by atoms with Crippen molar-refractivity contribution in [2.75, 3.05) is 20.3 Å². The SMILES string of the molecule is COc1cc(Cl)c(/C=N/OC2C[C@H](n3cc(CNC(=O)c4cc5c(O)cccc5cc4O)c(=O)[nH]c3=O)O[C@@H]2COP(=O)(O)OCC2CC(O)OC2O)c(Cl)c1O. The first-order valence-corrected chi connectivity index (χ1v) is 19.1. The monoisotopic (exact) mass is 856 g/mol. The highest BCUT2D eigenvalue weighted by molar-refractivity contribution is 7.47. The van der Waals surface area contributed by atoms with E-state index in [0.29, 0.717) is 10.8 Å². The Morgan fingerprint density at radius 3 is 2.56 bits per heavy atom. The van der Waals surface area contributed by atoms with E-state index in [2.05, 4.69) is 15.5 Å². The Morgan fingerprint density at radius 1 is 1.09 bits per heavy atom. The van der Waals surface area contributed by atoms with Crippen LogP contribution < -0.4 is 21.3 Å². The van der Waals surface area contributed by atoms with Crippen molar-refractivity contribution < 1.29 is 67.9 Å². The molecular formula is C34H35Cl2N4O16P. The molecule has 1 amide bonds. The number of H-pyrrole nitrogens is 1. The second-order valence-electron chi connectivity index (χ2n) is 12.8. The number of fused-ring (bicyclic) bond motifs is 1. The van der Waals surface area contributed by atoms with Crippen LogP contribution in [0.15, 0.2) is 57.3 Å². The van der Waals surface area contributed by atoms with Gasteiger partial charge in [-0.05, 0) is 23.6 Å². The Labute approximate surface area is 330 Å². The van der Waals surface area contributed by atoms with Gasteiger partial charge in [0.25, 0.3) is 11.5 Å². The molecule has 306 valence electrons. The number of nitrogens with zero attached hydrogens (tertiary/aromatic N) is 2. The molecule has 5 unspecified atom stereocenters. The van der Waals surface area contributed by atoms with Crippen LogP contribution in [-0.2, 0) is 34.5 Å². The number of carbonyl (C=O) groups excluding carboxylic acids is 1. The van der Waals surface area contributed by atoms with E-state index in [-0.39, 0.29) is 56.8 Å². The lowest BCUT2D eigenvalue weighted by Crippen LogP contribution is -2.36. The molecule has 3 aromatic carbocycles. The minimum absolute atomic E-state index is 0.00786. The summed E-state index contributed by atoms with van der Waals surface area (Å²) in [6, 6.07) is 8.46. The molecule has 4 aromatic rings. The van der Waals surface area contributed by atoms with Gasteiger partial charge >= 0.3 is 13.5 Å². The molecule has 23 heteroatoms. The number of phosphoric ester groups is 1. The van der Waals surface area contributed by atoms with Crippen molar-refractivity contribution in [1.29, 1.82) is 0 Å². The highest BCUT2D eigenvalue weighted by Gasteiger charge is 2.41. The molecule has 0 radical (unpaired) electrons. The average molecular weight is 858 g/mol. The first-order chi connectivity index (χ1) is 27.0. The van der Waals surface area contributed by atoms with Gasteiger partial charge in [-0.3, -0.25) is 28.2 Å². The van der Waals surface area contributed by atoms with Crippen LogP contribution >= 0.6 is 31.0 Å². The molecule has 57 heavy (non-hydrogen) atoms. The fourth-order valence-electron chi connectivity index (χ4n) is 6.03. The summed E-state index contributed by atoms with van der Waals surface area (Å²) < 4.78 is 39.7. The summed E-state index contributed by atoms with van der Waals surface area (Å²) in [5.41, 5.74) is -2.07. The molecule has 2 aliphatic heterocycles. The molecule has 2 fully saturated rings. The van der Waals surface area contributed by atoms with Crippen LogP contribution in [0.5, 0.6) is 23.0 Å². The normalized spacial score (nSPS) is 23.2. The Kier molecular flexibility index (Phi) is 12.8. The van der Waals surface area contributed by atoms with Gasteiger partial charge in [-0.25, -0.2) is 9.36 Å². The Hall–Kier alpha value is -4.73. The summed E-state index contributed by atoms with van der Waals surface area (Å²) in [5.74, 6) is -2.59. The second-order valence-corrected chi connectivity index (χ2v) is 15.0. The number of halogens is 2. The third-order valence-corrected chi connectivity index (χ3v) is 10.7. The van der Waals surface area contributed by atoms with Crippen molar-refractivity contribution in [3.05, 3.63) is 90.2 Å². The topological polar surface area (TPSA) is 290 Å². The maximum atomic E-state index is 13.1. The number of oxime groups is 1. The van der Waals surface area contributed by atoms with Crippen molar-refractivity contribution in [2.24, 2.45) is 11.1 Å². The van der Waals surface area contributed by atoms with Crippen molar-refractivity contribution in [3.8, 4) is 23.0 Å². The van der Waals surface area contributed by atoms with E-state index in [4.69, 9.17) is 51.3 Å². The first kappa shape index (κ1) is 41.9. The number of ether oxygens (including phenoxy) is 3. The second kappa shape index (κ2) is 17.4. The molecule has 2 aliphatic rings. The van der Waals surface area contributed by atoms with Crippen LogP contribution in [-0.4, -0.2) is 97.2 Å². The number of carbonyl (C=O) groups is 1. The smallest absolute Gasteiger partial charge is 0.472 e. The van der Waals surface area contributed by atoms with Gasteiger partial charge in [0, 0.05) is 42.0 Å². The van der Waals surface area contributed by atoms with Gasteiger partial charge in [0.15, 0.2) is 30.2 Å². The van der Waals surface area contributed by atoms with Gasteiger partial charge in [0.05, 0.1) is 54.3 Å². The highest BCUT2D eigenvalue weighted by Crippen LogP contribution is 2.46. The number of hydrogen-bond donors (Lipinski definition) is 8. The first-order valence-electron chi connectivity index (χ1n) is 16.9. The summed E-state index contributed by atoms with van der Waals surface area (Å²) in [6.07, 6.45) is -4.42. The van der Waals surface area contributed by atoms with E-state index in [1.54, 1.807) is 12.1 Å². The zero-order chi connectivity index (χ0) is 41.2. The summed E-state index contributed by atoms with van der Waals surface area (Å²) in [5, 5.41) is 57.4. The molecule has 2 saturated heterocycles. The van der Waals surface area contributed by atoms with Crippen LogP contribution in [0, 0.1) is 5.92 Å². The van der Waals surface area contributed by atoms with E-state index in [0.717, 1.165) is 17.0 Å². The lowest BCUT2D eigenvalue weighted by molar-refractivity contribution is -0.170. The van der Waals surface area contributed by atoms with Crippen LogP contribution in [0.1, 0.15) is 40.6 Å². The van der Waals surface area contributed by atoms with E-state index in [1.807, 2.05) is 0 Å². The predicted molar refractivity (Wildman–Crippen MR) is 198 cm³/mol. The number of benzene rings is 3. The van der Waals surface area contributed by atoms with Gasteiger partial charge in [0.2, 0.25) is 0 Å². The number of methoxy groups -OCH3 is 1. The van der Waals surface area contributed by atoms with Crippen LogP contribution in [0.2, 0.25) is 10.0 Å². The summed E-state index contributed by atoms with van der Waals surface area (Å²) in [4.78, 5) is 57.1. The number of aliphatic hydroxyl groups excluding tert-OH is 2. The summed E-state index contributed by atoms with van der Waals surface area (Å²) >= 11 is 12.5. The number of hydrogen-bond acceptors (Lipinski definition) is 16. The number of aromatic amines is 1. The summed E-state index contributed by atoms with van der Waals surface area (Å²) in [6.45, 7) is -1.64.